The van der Waals surface area contributed by atoms with Crippen LogP contribution in [0.1, 0.15) is 34.1 Å². The maximum atomic E-state index is 13.3. The lowest BCUT2D eigenvalue weighted by atomic mass is 10.1. The molecule has 1 fully saturated rings. The summed E-state index contributed by atoms with van der Waals surface area (Å²) in [6, 6.07) is 12.2. The number of carbonyl (C=O) groups is 1. The van der Waals surface area contributed by atoms with Crippen LogP contribution < -0.4 is 5.32 Å². The average molecular weight is 485 g/mol. The van der Waals surface area contributed by atoms with Crippen LogP contribution in [0.4, 0.5) is 0 Å². The van der Waals surface area contributed by atoms with Gasteiger partial charge in [0.2, 0.25) is 0 Å². The van der Waals surface area contributed by atoms with Gasteiger partial charge < -0.3 is 9.73 Å². The molecule has 1 aliphatic rings. The van der Waals surface area contributed by atoms with Crippen molar-refractivity contribution in [2.24, 2.45) is 0 Å². The Morgan fingerprint density at radius 1 is 1.27 bits per heavy atom. The molecule has 1 N–H and O–H groups in total. The molecule has 1 amide bonds. The highest BCUT2D eigenvalue weighted by Crippen LogP contribution is 2.32. The van der Waals surface area contributed by atoms with Gasteiger partial charge in [-0.15, -0.1) is 0 Å². The van der Waals surface area contributed by atoms with E-state index in [4.69, 9.17) is 21.0 Å². The van der Waals surface area contributed by atoms with Crippen LogP contribution in [-0.4, -0.2) is 40.6 Å². The van der Waals surface area contributed by atoms with Gasteiger partial charge in [0.1, 0.15) is 5.69 Å². The van der Waals surface area contributed by atoms with Crippen LogP contribution in [0.5, 0.6) is 0 Å². The van der Waals surface area contributed by atoms with E-state index < -0.39 is 9.84 Å². The standard InChI is InChI=1S/C23H21ClN4O4S/c1-14-21-17(23(29)25-12-15-5-2-3-6-18(15)24)11-19(20-7-4-9-32-20)26-22(21)28(27-14)16-8-10-33(30,31)13-16/h2-7,9,11,16H,8,10,12-13H2,1H3,(H,25,29). The summed E-state index contributed by atoms with van der Waals surface area (Å²) in [6.45, 7) is 2.05. The van der Waals surface area contributed by atoms with Gasteiger partial charge in [0, 0.05) is 11.6 Å². The molecule has 1 atom stereocenters. The number of aromatic nitrogens is 3. The Morgan fingerprint density at radius 2 is 2.09 bits per heavy atom. The first kappa shape index (κ1) is 21.7. The number of hydrogen-bond donors (Lipinski definition) is 1. The number of amides is 1. The molecule has 33 heavy (non-hydrogen) atoms. The number of furan rings is 1. The molecule has 0 radical (unpaired) electrons. The van der Waals surface area contributed by atoms with Crippen molar-refractivity contribution in [2.75, 3.05) is 11.5 Å². The van der Waals surface area contributed by atoms with E-state index in [0.717, 1.165) is 5.56 Å². The summed E-state index contributed by atoms with van der Waals surface area (Å²) in [5.41, 5.74) is 2.73. The van der Waals surface area contributed by atoms with E-state index in [-0.39, 0.29) is 30.0 Å². The minimum absolute atomic E-state index is 0.00388. The molecule has 1 aromatic carbocycles. The summed E-state index contributed by atoms with van der Waals surface area (Å²) in [6.07, 6.45) is 1.99. The highest BCUT2D eigenvalue weighted by molar-refractivity contribution is 7.91. The Bertz CT molecular complexity index is 1460. The summed E-state index contributed by atoms with van der Waals surface area (Å²) in [5, 5.41) is 8.68. The molecule has 4 aromatic rings. The minimum Gasteiger partial charge on any atom is -0.463 e. The summed E-state index contributed by atoms with van der Waals surface area (Å²) in [5.74, 6) is 0.309. The van der Waals surface area contributed by atoms with Crippen molar-refractivity contribution in [1.29, 1.82) is 0 Å². The maximum absolute atomic E-state index is 13.3. The van der Waals surface area contributed by atoms with E-state index in [9.17, 15) is 13.2 Å². The lowest BCUT2D eigenvalue weighted by Crippen LogP contribution is -2.23. The van der Waals surface area contributed by atoms with Crippen LogP contribution >= 0.6 is 11.6 Å². The van der Waals surface area contributed by atoms with Crippen molar-refractivity contribution in [3.63, 3.8) is 0 Å². The topological polar surface area (TPSA) is 107 Å². The number of hydrogen-bond acceptors (Lipinski definition) is 6. The van der Waals surface area contributed by atoms with Gasteiger partial charge in [-0.25, -0.2) is 18.1 Å². The molecule has 0 aliphatic carbocycles. The van der Waals surface area contributed by atoms with Crippen molar-refractivity contribution in [1.82, 2.24) is 20.1 Å². The first-order valence-corrected chi connectivity index (χ1v) is 12.7. The van der Waals surface area contributed by atoms with Gasteiger partial charge in [-0.05, 0) is 43.2 Å². The number of aryl methyl sites for hydroxylation is 1. The zero-order valence-corrected chi connectivity index (χ0v) is 19.4. The first-order valence-electron chi connectivity index (χ1n) is 10.5. The fourth-order valence-corrected chi connectivity index (χ4v) is 6.07. The van der Waals surface area contributed by atoms with E-state index in [1.54, 1.807) is 35.9 Å². The van der Waals surface area contributed by atoms with Gasteiger partial charge in [0.25, 0.3) is 5.91 Å². The van der Waals surface area contributed by atoms with Crippen LogP contribution in [0, 0.1) is 6.92 Å². The quantitative estimate of drug-likeness (QED) is 0.459. The molecule has 1 aliphatic heterocycles. The molecule has 0 bridgehead atoms. The van der Waals surface area contributed by atoms with Gasteiger partial charge in [0.15, 0.2) is 21.2 Å². The molecule has 5 rings (SSSR count). The van der Waals surface area contributed by atoms with E-state index in [2.05, 4.69) is 10.4 Å². The SMILES string of the molecule is Cc1nn(C2CCS(=O)(=O)C2)c2nc(-c3ccco3)cc(C(=O)NCc3ccccc3Cl)c12. The lowest BCUT2D eigenvalue weighted by Gasteiger charge is -2.12. The largest absolute Gasteiger partial charge is 0.463 e. The van der Waals surface area contributed by atoms with Crippen molar-refractivity contribution < 1.29 is 17.6 Å². The monoisotopic (exact) mass is 484 g/mol. The molecule has 10 heteroatoms. The molecule has 4 heterocycles. The van der Waals surface area contributed by atoms with Crippen LogP contribution in [0.3, 0.4) is 0 Å². The molecule has 3 aromatic heterocycles. The van der Waals surface area contributed by atoms with Gasteiger partial charge in [0.05, 0.1) is 40.5 Å². The van der Waals surface area contributed by atoms with Crippen LogP contribution in [0.15, 0.2) is 53.1 Å². The fourth-order valence-electron chi connectivity index (χ4n) is 4.18. The fraction of sp³-hybridized carbons (Fsp3) is 0.261. The molecule has 0 spiro atoms. The predicted octanol–water partition coefficient (Wildman–Crippen LogP) is 3.94. The van der Waals surface area contributed by atoms with Crippen molar-refractivity contribution in [3.8, 4) is 11.5 Å². The average Bonchev–Trinajstić information content (AvgIpc) is 3.52. The van der Waals surface area contributed by atoms with Gasteiger partial charge in [-0.2, -0.15) is 5.10 Å². The Hall–Kier alpha value is -3.17. The lowest BCUT2D eigenvalue weighted by molar-refractivity contribution is 0.0952. The third kappa shape index (κ3) is 4.14. The maximum Gasteiger partial charge on any atom is 0.252 e. The number of sulfone groups is 1. The van der Waals surface area contributed by atoms with E-state index in [0.29, 0.717) is 45.2 Å². The second-order valence-electron chi connectivity index (χ2n) is 8.09. The first-order chi connectivity index (χ1) is 15.8. The van der Waals surface area contributed by atoms with Crippen molar-refractivity contribution in [3.05, 3.63) is 70.6 Å². The number of halogens is 1. The highest BCUT2D eigenvalue weighted by Gasteiger charge is 2.32. The van der Waals surface area contributed by atoms with E-state index in [1.165, 1.54) is 6.26 Å². The highest BCUT2D eigenvalue weighted by atomic mass is 35.5. The predicted molar refractivity (Wildman–Crippen MR) is 125 cm³/mol. The molecular formula is C23H21ClN4O4S. The number of rotatable bonds is 5. The number of benzene rings is 1. The van der Waals surface area contributed by atoms with Crippen LogP contribution in [-0.2, 0) is 16.4 Å². The van der Waals surface area contributed by atoms with Crippen molar-refractivity contribution in [2.45, 2.75) is 25.9 Å². The molecule has 1 unspecified atom stereocenters. The van der Waals surface area contributed by atoms with Crippen LogP contribution in [0.25, 0.3) is 22.5 Å². The Labute approximate surface area is 195 Å². The molecule has 1 saturated heterocycles. The third-order valence-electron chi connectivity index (χ3n) is 5.81. The van der Waals surface area contributed by atoms with Gasteiger partial charge >= 0.3 is 0 Å². The van der Waals surface area contributed by atoms with E-state index >= 15 is 0 Å². The Kier molecular flexibility index (Phi) is 5.46. The second-order valence-corrected chi connectivity index (χ2v) is 10.7. The van der Waals surface area contributed by atoms with Crippen molar-refractivity contribution >= 4 is 38.4 Å². The normalized spacial score (nSPS) is 17.5. The summed E-state index contributed by atoms with van der Waals surface area (Å²) in [4.78, 5) is 18.0. The zero-order chi connectivity index (χ0) is 23.2. The number of pyridine rings is 1. The summed E-state index contributed by atoms with van der Waals surface area (Å²) >= 11 is 6.23. The summed E-state index contributed by atoms with van der Waals surface area (Å²) < 4.78 is 31.3. The second kappa shape index (κ2) is 8.31. The zero-order valence-electron chi connectivity index (χ0n) is 17.8. The van der Waals surface area contributed by atoms with Crippen LogP contribution in [0.2, 0.25) is 5.02 Å². The van der Waals surface area contributed by atoms with Gasteiger partial charge in [-0.3, -0.25) is 4.79 Å². The third-order valence-corrected chi connectivity index (χ3v) is 7.93. The summed E-state index contributed by atoms with van der Waals surface area (Å²) in [7, 11) is -3.13. The number of carbonyl (C=O) groups excluding carboxylic acids is 1. The molecular weight excluding hydrogens is 464 g/mol. The smallest absolute Gasteiger partial charge is 0.252 e. The molecule has 0 saturated carbocycles. The van der Waals surface area contributed by atoms with Gasteiger partial charge in [-0.1, -0.05) is 29.8 Å². The van der Waals surface area contributed by atoms with E-state index in [1.807, 2.05) is 18.2 Å². The Morgan fingerprint density at radius 3 is 2.79 bits per heavy atom. The molecule has 170 valence electrons. The number of nitrogens with one attached hydrogen (secondary N) is 1. The minimum atomic E-state index is -3.13. The Balaban J connectivity index is 1.60. The number of nitrogens with zero attached hydrogens (tertiary/aromatic N) is 3. The molecule has 8 nitrogen and oxygen atoms in total. The number of fused-ring (bicyclic) bond motifs is 1.